The number of esters is 1. The molecule has 0 N–H and O–H groups in total. The lowest BCUT2D eigenvalue weighted by Crippen LogP contribution is -2.27. The molecule has 0 fully saturated rings. The maximum absolute atomic E-state index is 11.4. The molecule has 5 heteroatoms. The van der Waals surface area contributed by atoms with Gasteiger partial charge in [-0.15, -0.1) is 0 Å². The second-order valence-electron chi connectivity index (χ2n) is 4.40. The number of ether oxygens (including phenoxy) is 1. The Morgan fingerprint density at radius 1 is 1.29 bits per heavy atom. The smallest absolute Gasteiger partial charge is 0.321 e. The number of hydrogen-bond donors (Lipinski definition) is 0. The molecule has 0 aromatic heterocycles. The van der Waals surface area contributed by atoms with Gasteiger partial charge in [-0.05, 0) is 12.3 Å². The Morgan fingerprint density at radius 2 is 1.79 bits per heavy atom. The predicted octanol–water partition coefficient (Wildman–Crippen LogP) is 1.01. The average molecular weight is 222 g/mol. The predicted molar refractivity (Wildman–Crippen MR) is 54.7 cm³/mol. The largest absolute Gasteiger partial charge is 0.465 e. The third-order valence-corrected chi connectivity index (χ3v) is 3.28. The normalized spacial score (nSPS) is 12.6. The molecule has 0 aliphatic carbocycles. The van der Waals surface area contributed by atoms with Crippen LogP contribution < -0.4 is 0 Å². The van der Waals surface area contributed by atoms with Gasteiger partial charge in [-0.2, -0.15) is 0 Å². The highest BCUT2D eigenvalue weighted by atomic mass is 32.2. The maximum atomic E-state index is 11.4. The van der Waals surface area contributed by atoms with Crippen molar-refractivity contribution in [3.05, 3.63) is 0 Å². The summed E-state index contributed by atoms with van der Waals surface area (Å²) in [5, 5.41) is 0. The third-order valence-electron chi connectivity index (χ3n) is 1.30. The van der Waals surface area contributed by atoms with E-state index in [0.717, 1.165) is 0 Å². The van der Waals surface area contributed by atoms with Crippen molar-refractivity contribution in [1.82, 2.24) is 0 Å². The molecule has 0 aliphatic rings. The molecule has 0 atom stereocenters. The maximum Gasteiger partial charge on any atom is 0.321 e. The number of carbonyl (C=O) groups excluding carboxylic acids is 1. The fraction of sp³-hybridized carbons (Fsp3) is 0.889. The Hall–Kier alpha value is -0.580. The topological polar surface area (TPSA) is 60.4 Å². The van der Waals surface area contributed by atoms with Crippen LogP contribution in [0, 0.1) is 5.41 Å². The van der Waals surface area contributed by atoms with Crippen LogP contribution in [0.2, 0.25) is 0 Å². The van der Waals surface area contributed by atoms with Crippen LogP contribution in [0.25, 0.3) is 0 Å². The lowest BCUT2D eigenvalue weighted by molar-refractivity contribution is -0.139. The summed E-state index contributed by atoms with van der Waals surface area (Å²) in [5.41, 5.74) is -0.328. The van der Waals surface area contributed by atoms with Crippen LogP contribution in [0.4, 0.5) is 0 Å². The summed E-state index contributed by atoms with van der Waals surface area (Å²) in [6.07, 6.45) is 0. The second-order valence-corrected chi connectivity index (χ2v) is 6.46. The first-order valence-corrected chi connectivity index (χ1v) is 6.34. The van der Waals surface area contributed by atoms with Crippen molar-refractivity contribution in [3.63, 3.8) is 0 Å². The van der Waals surface area contributed by atoms with Crippen molar-refractivity contribution in [3.8, 4) is 0 Å². The molecule has 4 nitrogen and oxygen atoms in total. The Bertz CT molecular complexity index is 284. The molecule has 14 heavy (non-hydrogen) atoms. The lowest BCUT2D eigenvalue weighted by Gasteiger charge is -2.17. The van der Waals surface area contributed by atoms with E-state index in [4.69, 9.17) is 0 Å². The van der Waals surface area contributed by atoms with E-state index < -0.39 is 21.6 Å². The summed E-state index contributed by atoms with van der Waals surface area (Å²) in [5.74, 6) is -1.19. The lowest BCUT2D eigenvalue weighted by atomic mass is 10.0. The quantitative estimate of drug-likeness (QED) is 0.666. The van der Waals surface area contributed by atoms with Crippen molar-refractivity contribution in [2.24, 2.45) is 5.41 Å². The third kappa shape index (κ3) is 6.88. The van der Waals surface area contributed by atoms with Crippen molar-refractivity contribution >= 4 is 15.8 Å². The zero-order valence-electron chi connectivity index (χ0n) is 9.16. The van der Waals surface area contributed by atoms with Crippen molar-refractivity contribution in [1.29, 1.82) is 0 Å². The first-order chi connectivity index (χ1) is 6.16. The van der Waals surface area contributed by atoms with Crippen molar-refractivity contribution in [2.45, 2.75) is 27.7 Å². The number of sulfone groups is 1. The average Bonchev–Trinajstić information content (AvgIpc) is 1.78. The standard InChI is InChI=1S/C9H18O4S/c1-5-13-8(10)6-14(11,12)7-9(2,3)4/h5-7H2,1-4H3. The minimum absolute atomic E-state index is 0.00118. The van der Waals surface area contributed by atoms with Gasteiger partial charge in [0.1, 0.15) is 5.75 Å². The van der Waals surface area contributed by atoms with Gasteiger partial charge in [-0.1, -0.05) is 20.8 Å². The van der Waals surface area contributed by atoms with E-state index in [1.165, 1.54) is 0 Å². The molecule has 0 aromatic carbocycles. The first-order valence-electron chi connectivity index (χ1n) is 4.52. The van der Waals surface area contributed by atoms with Crippen molar-refractivity contribution < 1.29 is 17.9 Å². The minimum atomic E-state index is -3.34. The fourth-order valence-electron chi connectivity index (χ4n) is 1.09. The van der Waals surface area contributed by atoms with Crippen LogP contribution in [0.15, 0.2) is 0 Å². The van der Waals surface area contributed by atoms with Gasteiger partial charge in [0, 0.05) is 0 Å². The highest BCUT2D eigenvalue weighted by molar-refractivity contribution is 7.92. The van der Waals surface area contributed by atoms with Gasteiger partial charge in [0.25, 0.3) is 0 Å². The van der Waals surface area contributed by atoms with E-state index in [9.17, 15) is 13.2 Å². The molecule has 0 radical (unpaired) electrons. The first kappa shape index (κ1) is 13.4. The van der Waals surface area contributed by atoms with E-state index in [2.05, 4.69) is 4.74 Å². The summed E-state index contributed by atoms with van der Waals surface area (Å²) in [4.78, 5) is 10.9. The number of hydrogen-bond acceptors (Lipinski definition) is 4. The molecule has 0 saturated carbocycles. The molecule has 84 valence electrons. The van der Waals surface area contributed by atoms with E-state index in [-0.39, 0.29) is 17.8 Å². The summed E-state index contributed by atoms with van der Waals surface area (Å²) < 4.78 is 27.4. The van der Waals surface area contributed by atoms with E-state index in [1.54, 1.807) is 6.92 Å². The van der Waals surface area contributed by atoms with Crippen LogP contribution in [-0.4, -0.2) is 32.5 Å². The molecule has 0 unspecified atom stereocenters. The van der Waals surface area contributed by atoms with Gasteiger partial charge in [-0.3, -0.25) is 4.79 Å². The summed E-state index contributed by atoms with van der Waals surface area (Å²) in [6.45, 7) is 7.30. The Morgan fingerprint density at radius 3 is 2.14 bits per heavy atom. The van der Waals surface area contributed by atoms with Crippen LogP contribution in [0.5, 0.6) is 0 Å². The second kappa shape index (κ2) is 4.77. The molecule has 0 spiro atoms. The molecule has 0 amide bonds. The summed E-state index contributed by atoms with van der Waals surface area (Å²) >= 11 is 0. The molecule has 0 saturated heterocycles. The molecule has 0 aliphatic heterocycles. The molecular weight excluding hydrogens is 204 g/mol. The van der Waals surface area contributed by atoms with E-state index in [1.807, 2.05) is 20.8 Å². The zero-order valence-corrected chi connectivity index (χ0v) is 9.98. The number of carbonyl (C=O) groups is 1. The Balaban J connectivity index is 4.30. The monoisotopic (exact) mass is 222 g/mol. The van der Waals surface area contributed by atoms with Crippen LogP contribution in [0.3, 0.4) is 0 Å². The highest BCUT2D eigenvalue weighted by Crippen LogP contribution is 2.16. The van der Waals surface area contributed by atoms with Gasteiger partial charge in [-0.25, -0.2) is 8.42 Å². The van der Waals surface area contributed by atoms with Gasteiger partial charge in [0.2, 0.25) is 0 Å². The molecule has 0 aromatic rings. The highest BCUT2D eigenvalue weighted by Gasteiger charge is 2.24. The van der Waals surface area contributed by atoms with Crippen molar-refractivity contribution in [2.75, 3.05) is 18.1 Å². The summed E-state index contributed by atoms with van der Waals surface area (Å²) in [7, 11) is -3.34. The van der Waals surface area contributed by atoms with Gasteiger partial charge in [0.05, 0.1) is 12.4 Å². The van der Waals surface area contributed by atoms with Gasteiger partial charge in [0.15, 0.2) is 9.84 Å². The van der Waals surface area contributed by atoms with E-state index >= 15 is 0 Å². The van der Waals surface area contributed by atoms with E-state index in [0.29, 0.717) is 0 Å². The van der Waals surface area contributed by atoms with Crippen LogP contribution in [0.1, 0.15) is 27.7 Å². The minimum Gasteiger partial charge on any atom is -0.465 e. The molecule has 0 rings (SSSR count). The number of rotatable bonds is 4. The Kier molecular flexibility index (Phi) is 4.58. The van der Waals surface area contributed by atoms with Crippen LogP contribution >= 0.6 is 0 Å². The molecule has 0 heterocycles. The van der Waals surface area contributed by atoms with Gasteiger partial charge < -0.3 is 4.74 Å². The zero-order chi connectivity index (χ0) is 11.4. The fourth-order valence-corrected chi connectivity index (χ4v) is 2.96. The van der Waals surface area contributed by atoms with Crippen LogP contribution in [-0.2, 0) is 19.4 Å². The van der Waals surface area contributed by atoms with Gasteiger partial charge >= 0.3 is 5.97 Å². The SMILES string of the molecule is CCOC(=O)CS(=O)(=O)CC(C)(C)C. The molecule has 0 bridgehead atoms. The summed E-state index contributed by atoms with van der Waals surface area (Å²) in [6, 6.07) is 0. The molecular formula is C9H18O4S. The Labute approximate surface area is 85.6 Å².